The number of hydrogen-bond acceptors (Lipinski definition) is 4. The van der Waals surface area contributed by atoms with Crippen LogP contribution in [0.25, 0.3) is 0 Å². The van der Waals surface area contributed by atoms with E-state index in [1.807, 2.05) is 0 Å². The maximum Gasteiger partial charge on any atom is 0.404 e. The first kappa shape index (κ1) is 14.1. The van der Waals surface area contributed by atoms with Crippen molar-refractivity contribution in [2.24, 2.45) is 0 Å². The lowest BCUT2D eigenvalue weighted by atomic mass is 10.3. The highest BCUT2D eigenvalue weighted by atomic mass is 79.9. The first-order chi connectivity index (χ1) is 9.47. The lowest BCUT2D eigenvalue weighted by Gasteiger charge is -2.04. The molecule has 0 spiro atoms. The quantitative estimate of drug-likeness (QED) is 0.681. The van der Waals surface area contributed by atoms with Gasteiger partial charge in [-0.3, -0.25) is 4.79 Å². The van der Waals surface area contributed by atoms with Crippen LogP contribution in [0.15, 0.2) is 34.9 Å². The standard InChI is InChI=1S/C11H8BrFN4O3/c12-7-5-16(15-11(7)17(19)20)6-10(18)14-9-4-2-1-3-8(9)13/h1-5H,6H2,(H,14,18). The Balaban J connectivity index is 2.07. The van der Waals surface area contributed by atoms with E-state index in [1.165, 1.54) is 24.4 Å². The third-order valence-corrected chi connectivity index (χ3v) is 2.89. The van der Waals surface area contributed by atoms with Gasteiger partial charge in [0, 0.05) is 0 Å². The van der Waals surface area contributed by atoms with Crippen molar-refractivity contribution in [2.75, 3.05) is 5.32 Å². The molecular weight excluding hydrogens is 335 g/mol. The molecule has 1 aromatic heterocycles. The van der Waals surface area contributed by atoms with Gasteiger partial charge >= 0.3 is 5.82 Å². The summed E-state index contributed by atoms with van der Waals surface area (Å²) in [5.74, 6) is -1.49. The first-order valence-electron chi connectivity index (χ1n) is 5.39. The zero-order chi connectivity index (χ0) is 14.7. The highest BCUT2D eigenvalue weighted by Crippen LogP contribution is 2.22. The van der Waals surface area contributed by atoms with E-state index in [0.717, 1.165) is 4.68 Å². The summed E-state index contributed by atoms with van der Waals surface area (Å²) < 4.78 is 14.6. The number of carbonyl (C=O) groups is 1. The number of carbonyl (C=O) groups excluding carboxylic acids is 1. The molecule has 0 fully saturated rings. The van der Waals surface area contributed by atoms with E-state index in [2.05, 4.69) is 26.3 Å². The molecule has 2 aromatic rings. The van der Waals surface area contributed by atoms with Gasteiger partial charge in [-0.2, -0.15) is 4.68 Å². The Bertz CT molecular complexity index is 673. The third kappa shape index (κ3) is 3.18. The van der Waals surface area contributed by atoms with Crippen LogP contribution in [0.2, 0.25) is 0 Å². The SMILES string of the molecule is O=C(Cn1cc(Br)c([N+](=O)[O-])n1)Nc1ccccc1F. The van der Waals surface area contributed by atoms with Crippen LogP contribution in [-0.2, 0) is 11.3 Å². The van der Waals surface area contributed by atoms with Crippen molar-refractivity contribution in [2.45, 2.75) is 6.54 Å². The molecule has 7 nitrogen and oxygen atoms in total. The molecule has 9 heteroatoms. The first-order valence-corrected chi connectivity index (χ1v) is 6.18. The van der Waals surface area contributed by atoms with E-state index >= 15 is 0 Å². The molecule has 0 bridgehead atoms. The Labute approximate surface area is 120 Å². The third-order valence-electron chi connectivity index (χ3n) is 2.33. The summed E-state index contributed by atoms with van der Waals surface area (Å²) in [5, 5.41) is 16.6. The molecule has 0 aliphatic carbocycles. The number of halogens is 2. The number of para-hydroxylation sites is 1. The van der Waals surface area contributed by atoms with Gasteiger partial charge < -0.3 is 15.4 Å². The highest BCUT2D eigenvalue weighted by Gasteiger charge is 2.20. The maximum atomic E-state index is 13.3. The second-order valence-corrected chi connectivity index (χ2v) is 4.64. The predicted molar refractivity (Wildman–Crippen MR) is 71.6 cm³/mol. The molecule has 1 aromatic carbocycles. The van der Waals surface area contributed by atoms with Crippen LogP contribution in [0, 0.1) is 15.9 Å². The molecule has 0 saturated carbocycles. The van der Waals surface area contributed by atoms with Crippen LogP contribution in [0.1, 0.15) is 0 Å². The minimum atomic E-state index is -0.671. The van der Waals surface area contributed by atoms with E-state index in [-0.39, 0.29) is 22.5 Å². The fourth-order valence-electron chi connectivity index (χ4n) is 1.49. The van der Waals surface area contributed by atoms with Crippen LogP contribution in [-0.4, -0.2) is 20.6 Å². The summed E-state index contributed by atoms with van der Waals surface area (Å²) in [6.07, 6.45) is 1.30. The zero-order valence-electron chi connectivity index (χ0n) is 9.92. The average Bonchev–Trinajstić information content (AvgIpc) is 2.73. The number of aromatic nitrogens is 2. The zero-order valence-corrected chi connectivity index (χ0v) is 11.5. The van der Waals surface area contributed by atoms with Gasteiger partial charge in [-0.15, -0.1) is 0 Å². The molecule has 0 atom stereocenters. The Morgan fingerprint density at radius 1 is 1.50 bits per heavy atom. The van der Waals surface area contributed by atoms with E-state index in [4.69, 9.17) is 0 Å². The van der Waals surface area contributed by atoms with Crippen LogP contribution in [0.3, 0.4) is 0 Å². The number of nitrogens with zero attached hydrogens (tertiary/aromatic N) is 3. The summed E-state index contributed by atoms with van der Waals surface area (Å²) in [5.41, 5.74) is 0.0400. The number of benzene rings is 1. The van der Waals surface area contributed by atoms with Crippen molar-refractivity contribution >= 4 is 33.3 Å². The summed E-state index contributed by atoms with van der Waals surface area (Å²) in [4.78, 5) is 21.6. The summed E-state index contributed by atoms with van der Waals surface area (Å²) in [7, 11) is 0. The number of nitrogens with one attached hydrogen (secondary N) is 1. The van der Waals surface area contributed by atoms with E-state index in [9.17, 15) is 19.3 Å². The van der Waals surface area contributed by atoms with Crippen LogP contribution in [0.4, 0.5) is 15.9 Å². The topological polar surface area (TPSA) is 90.1 Å². The molecule has 1 heterocycles. The predicted octanol–water partition coefficient (Wildman–Crippen LogP) is 2.33. The van der Waals surface area contributed by atoms with Gasteiger partial charge in [-0.25, -0.2) is 4.39 Å². The Morgan fingerprint density at radius 3 is 2.80 bits per heavy atom. The summed E-state index contributed by atoms with van der Waals surface area (Å²) in [6, 6.07) is 5.70. The van der Waals surface area contributed by atoms with Crippen LogP contribution >= 0.6 is 15.9 Å². The number of hydrogen-bond donors (Lipinski definition) is 1. The average molecular weight is 343 g/mol. The van der Waals surface area contributed by atoms with Crippen LogP contribution < -0.4 is 5.32 Å². The highest BCUT2D eigenvalue weighted by molar-refractivity contribution is 9.10. The Kier molecular flexibility index (Phi) is 4.08. The van der Waals surface area contributed by atoms with Crippen molar-refractivity contribution in [3.63, 3.8) is 0 Å². The Morgan fingerprint density at radius 2 is 2.20 bits per heavy atom. The van der Waals surface area contributed by atoms with Gasteiger partial charge in [0.25, 0.3) is 0 Å². The maximum absolute atomic E-state index is 13.3. The number of rotatable bonds is 4. The molecule has 20 heavy (non-hydrogen) atoms. The monoisotopic (exact) mass is 342 g/mol. The van der Waals surface area contributed by atoms with Gasteiger partial charge in [0.1, 0.15) is 16.8 Å². The molecular formula is C11H8BrFN4O3. The van der Waals surface area contributed by atoms with Crippen molar-refractivity contribution in [1.82, 2.24) is 9.78 Å². The molecule has 1 amide bonds. The number of anilines is 1. The minimum Gasteiger partial charge on any atom is -0.358 e. The summed E-state index contributed by atoms with van der Waals surface area (Å²) in [6.45, 7) is -0.263. The van der Waals surface area contributed by atoms with Crippen LogP contribution in [0.5, 0.6) is 0 Å². The fourth-order valence-corrected chi connectivity index (χ4v) is 1.95. The summed E-state index contributed by atoms with van der Waals surface area (Å²) >= 11 is 2.97. The number of nitro groups is 1. The molecule has 0 radical (unpaired) electrons. The molecule has 0 saturated heterocycles. The molecule has 0 unspecified atom stereocenters. The normalized spacial score (nSPS) is 10.3. The fraction of sp³-hybridized carbons (Fsp3) is 0.0909. The largest absolute Gasteiger partial charge is 0.404 e. The molecule has 104 valence electrons. The van der Waals surface area contributed by atoms with Gasteiger partial charge in [0.05, 0.1) is 17.0 Å². The number of amides is 1. The van der Waals surface area contributed by atoms with Gasteiger partial charge in [-0.1, -0.05) is 12.1 Å². The van der Waals surface area contributed by atoms with Crippen molar-refractivity contribution in [3.05, 3.63) is 50.9 Å². The lowest BCUT2D eigenvalue weighted by molar-refractivity contribution is -0.390. The smallest absolute Gasteiger partial charge is 0.358 e. The van der Waals surface area contributed by atoms with Crippen molar-refractivity contribution in [1.29, 1.82) is 0 Å². The molecule has 0 aliphatic rings. The van der Waals surface area contributed by atoms with Gasteiger partial charge in [0.2, 0.25) is 5.91 Å². The molecule has 1 N–H and O–H groups in total. The lowest BCUT2D eigenvalue weighted by Crippen LogP contribution is -2.19. The van der Waals surface area contributed by atoms with E-state index < -0.39 is 16.6 Å². The van der Waals surface area contributed by atoms with E-state index in [0.29, 0.717) is 0 Å². The van der Waals surface area contributed by atoms with Crippen molar-refractivity contribution in [3.8, 4) is 0 Å². The Hall–Kier alpha value is -2.29. The second-order valence-electron chi connectivity index (χ2n) is 3.78. The minimum absolute atomic E-state index is 0.0400. The van der Waals surface area contributed by atoms with Crippen molar-refractivity contribution < 1.29 is 14.1 Å². The molecule has 2 rings (SSSR count). The molecule has 0 aliphatic heterocycles. The van der Waals surface area contributed by atoms with E-state index in [1.54, 1.807) is 6.07 Å². The second kappa shape index (κ2) is 5.78. The van der Waals surface area contributed by atoms with Gasteiger partial charge in [-0.05, 0) is 33.0 Å². The van der Waals surface area contributed by atoms with Gasteiger partial charge in [0.15, 0.2) is 0 Å².